The van der Waals surface area contributed by atoms with E-state index in [1.54, 1.807) is 7.05 Å². The second-order valence-electron chi connectivity index (χ2n) is 6.96. The van der Waals surface area contributed by atoms with Crippen LogP contribution in [0, 0.1) is 0 Å². The molecular weight excluding hydrogens is 445 g/mol. The van der Waals surface area contributed by atoms with E-state index < -0.39 is 41.3 Å². The number of amides is 2. The zero-order valence-electron chi connectivity index (χ0n) is 16.9. The molecule has 10 nitrogen and oxygen atoms in total. The summed E-state index contributed by atoms with van der Waals surface area (Å²) >= 11 is 0. The number of carbonyl (C=O) groups is 2. The lowest BCUT2D eigenvalue weighted by atomic mass is 10.1. The summed E-state index contributed by atoms with van der Waals surface area (Å²) in [5, 5.41) is 8.57. The maximum atomic E-state index is 13.6. The van der Waals surface area contributed by atoms with Crippen molar-refractivity contribution in [1.29, 1.82) is 0 Å². The summed E-state index contributed by atoms with van der Waals surface area (Å²) in [7, 11) is 1.59. The number of fused-ring (bicyclic) bond motifs is 1. The van der Waals surface area contributed by atoms with Gasteiger partial charge in [-0.1, -0.05) is 0 Å². The van der Waals surface area contributed by atoms with Crippen LogP contribution in [0.4, 0.5) is 24.5 Å². The smallest absolute Gasteiger partial charge is 0.418 e. The number of carbonyl (C=O) groups excluding carboxylic acids is 2. The Balaban J connectivity index is 1.55. The van der Waals surface area contributed by atoms with Crippen molar-refractivity contribution in [2.45, 2.75) is 12.7 Å². The molecule has 0 fully saturated rings. The van der Waals surface area contributed by atoms with E-state index in [9.17, 15) is 27.6 Å². The van der Waals surface area contributed by atoms with Gasteiger partial charge in [0.2, 0.25) is 5.91 Å². The van der Waals surface area contributed by atoms with Crippen molar-refractivity contribution in [1.82, 2.24) is 19.3 Å². The lowest BCUT2D eigenvalue weighted by Gasteiger charge is -2.16. The van der Waals surface area contributed by atoms with Gasteiger partial charge in [-0.3, -0.25) is 23.6 Å². The molecule has 0 unspecified atom stereocenters. The minimum Gasteiger partial charge on any atom is -0.472 e. The predicted octanol–water partition coefficient (Wildman–Crippen LogP) is 2.63. The molecule has 0 aliphatic heterocycles. The molecule has 3 aromatic heterocycles. The number of nitrogens with zero attached hydrogens (tertiary/aromatic N) is 4. The molecule has 3 heterocycles. The summed E-state index contributed by atoms with van der Waals surface area (Å²) in [6.45, 7) is -0.563. The number of rotatable bonds is 5. The summed E-state index contributed by atoms with van der Waals surface area (Å²) in [5.74, 6) is -1.53. The summed E-state index contributed by atoms with van der Waals surface area (Å²) in [6.07, 6.45) is -0.0235. The van der Waals surface area contributed by atoms with Gasteiger partial charge in [-0.05, 0) is 24.3 Å². The van der Waals surface area contributed by atoms with Crippen LogP contribution >= 0.6 is 0 Å². The molecule has 2 amide bonds. The molecule has 1 aromatic carbocycles. The van der Waals surface area contributed by atoms with Crippen molar-refractivity contribution in [2.75, 3.05) is 10.6 Å². The topological polar surface area (TPSA) is 124 Å². The number of anilines is 2. The summed E-state index contributed by atoms with van der Waals surface area (Å²) < 4.78 is 47.9. The molecule has 0 bridgehead atoms. The van der Waals surface area contributed by atoms with Crippen LogP contribution < -0.4 is 16.2 Å². The van der Waals surface area contributed by atoms with Gasteiger partial charge in [-0.15, -0.1) is 0 Å². The first-order chi connectivity index (χ1) is 15.6. The predicted molar refractivity (Wildman–Crippen MR) is 110 cm³/mol. The Bertz CT molecular complexity index is 1410. The maximum absolute atomic E-state index is 13.6. The van der Waals surface area contributed by atoms with Crippen LogP contribution in [0.1, 0.15) is 15.9 Å². The summed E-state index contributed by atoms with van der Waals surface area (Å²) in [6, 6.07) is 4.27. The maximum Gasteiger partial charge on any atom is 0.418 e. The van der Waals surface area contributed by atoms with Crippen molar-refractivity contribution in [3.8, 4) is 0 Å². The van der Waals surface area contributed by atoms with Crippen LogP contribution in [-0.2, 0) is 24.6 Å². The molecule has 4 rings (SSSR count). The highest BCUT2D eigenvalue weighted by molar-refractivity contribution is 6.04. The molecule has 13 heteroatoms. The van der Waals surface area contributed by atoms with Crippen molar-refractivity contribution >= 4 is 34.2 Å². The van der Waals surface area contributed by atoms with Crippen LogP contribution in [0.25, 0.3) is 11.0 Å². The molecule has 0 saturated heterocycles. The van der Waals surface area contributed by atoms with E-state index in [0.717, 1.165) is 23.2 Å². The van der Waals surface area contributed by atoms with Crippen molar-refractivity contribution in [3.05, 3.63) is 70.8 Å². The molecule has 0 aliphatic rings. The number of alkyl halides is 3. The monoisotopic (exact) mass is 460 g/mol. The first-order valence-electron chi connectivity index (χ1n) is 9.35. The number of hydrogen-bond acceptors (Lipinski definition) is 6. The lowest BCUT2D eigenvalue weighted by Crippen LogP contribution is -2.28. The van der Waals surface area contributed by atoms with Crippen LogP contribution in [0.2, 0.25) is 0 Å². The van der Waals surface area contributed by atoms with Crippen molar-refractivity contribution in [3.63, 3.8) is 0 Å². The van der Waals surface area contributed by atoms with E-state index in [4.69, 9.17) is 4.42 Å². The molecule has 2 N–H and O–H groups in total. The third kappa shape index (κ3) is 4.46. The van der Waals surface area contributed by atoms with Gasteiger partial charge in [0, 0.05) is 12.7 Å². The van der Waals surface area contributed by atoms with Crippen LogP contribution in [0.5, 0.6) is 0 Å². The van der Waals surface area contributed by atoms with E-state index in [2.05, 4.69) is 20.7 Å². The summed E-state index contributed by atoms with van der Waals surface area (Å²) in [4.78, 5) is 41.0. The quantitative estimate of drug-likeness (QED) is 0.472. The average molecular weight is 460 g/mol. The molecule has 170 valence electrons. The van der Waals surface area contributed by atoms with E-state index in [-0.39, 0.29) is 16.6 Å². The molecule has 0 radical (unpaired) electrons. The van der Waals surface area contributed by atoms with Crippen molar-refractivity contribution in [2.24, 2.45) is 7.05 Å². The molecular formula is C20H15F3N6O4. The van der Waals surface area contributed by atoms with Gasteiger partial charge < -0.3 is 15.1 Å². The van der Waals surface area contributed by atoms with Gasteiger partial charge in [-0.25, -0.2) is 4.98 Å². The highest BCUT2D eigenvalue weighted by Gasteiger charge is 2.34. The number of aromatic nitrogens is 4. The fourth-order valence-corrected chi connectivity index (χ4v) is 3.09. The third-order valence-electron chi connectivity index (χ3n) is 4.67. The minimum atomic E-state index is -4.83. The Morgan fingerprint density at radius 1 is 1.18 bits per heavy atom. The molecule has 0 saturated carbocycles. The highest BCUT2D eigenvalue weighted by atomic mass is 19.4. The molecule has 0 spiro atoms. The Kier molecular flexibility index (Phi) is 5.45. The normalized spacial score (nSPS) is 11.5. The number of nitrogens with one attached hydrogen (secondary N) is 2. The summed E-state index contributed by atoms with van der Waals surface area (Å²) in [5.41, 5.74) is -1.95. The zero-order valence-corrected chi connectivity index (χ0v) is 16.9. The van der Waals surface area contributed by atoms with Crippen molar-refractivity contribution < 1.29 is 27.2 Å². The van der Waals surface area contributed by atoms with Crippen LogP contribution in [-0.4, -0.2) is 31.1 Å². The number of furan rings is 1. The first kappa shape index (κ1) is 21.8. The van der Waals surface area contributed by atoms with E-state index in [1.807, 2.05) is 0 Å². The van der Waals surface area contributed by atoms with Gasteiger partial charge in [-0.2, -0.15) is 18.3 Å². The average Bonchev–Trinajstić information content (AvgIpc) is 3.41. The Hall–Kier alpha value is -4.42. The lowest BCUT2D eigenvalue weighted by molar-refractivity contribution is -0.136. The minimum absolute atomic E-state index is 0.130. The second-order valence-corrected chi connectivity index (χ2v) is 6.96. The largest absolute Gasteiger partial charge is 0.472 e. The number of aryl methyl sites for hydroxylation is 1. The number of halogens is 3. The molecule has 4 aromatic rings. The van der Waals surface area contributed by atoms with Crippen LogP contribution in [0.3, 0.4) is 0 Å². The highest BCUT2D eigenvalue weighted by Crippen LogP contribution is 2.36. The van der Waals surface area contributed by atoms with Gasteiger partial charge >= 0.3 is 6.18 Å². The standard InChI is InChI=1S/C20H15F3N6O4/c1-28-17-13(7-25-28)19(32)29(10-24-17)8-16(30)27-15-3-2-12(6-14(15)20(21,22)23)26-18(31)11-4-5-33-9-11/h2-7,9-10H,8H2,1H3,(H,26,31)(H,27,30). The Morgan fingerprint density at radius 2 is 1.97 bits per heavy atom. The van der Waals surface area contributed by atoms with E-state index in [0.29, 0.717) is 11.7 Å². The molecule has 0 atom stereocenters. The van der Waals surface area contributed by atoms with E-state index >= 15 is 0 Å². The second kappa shape index (κ2) is 8.26. The van der Waals surface area contributed by atoms with Gasteiger partial charge in [0.1, 0.15) is 24.5 Å². The first-order valence-corrected chi connectivity index (χ1v) is 9.35. The SMILES string of the molecule is Cn1ncc2c(=O)n(CC(=O)Nc3ccc(NC(=O)c4ccoc4)cc3C(F)(F)F)cnc21. The molecule has 33 heavy (non-hydrogen) atoms. The van der Waals surface area contributed by atoms with E-state index in [1.165, 1.54) is 29.3 Å². The zero-order chi connectivity index (χ0) is 23.8. The number of benzene rings is 1. The number of hydrogen-bond donors (Lipinski definition) is 2. The fourth-order valence-electron chi connectivity index (χ4n) is 3.09. The van der Waals surface area contributed by atoms with Gasteiger partial charge in [0.25, 0.3) is 11.5 Å². The van der Waals surface area contributed by atoms with Gasteiger partial charge in [0.15, 0.2) is 5.65 Å². The Morgan fingerprint density at radius 3 is 2.67 bits per heavy atom. The molecule has 0 aliphatic carbocycles. The fraction of sp³-hybridized carbons (Fsp3) is 0.150. The Labute approximate surface area is 182 Å². The third-order valence-corrected chi connectivity index (χ3v) is 4.67. The van der Waals surface area contributed by atoms with Crippen LogP contribution in [0.15, 0.2) is 58.5 Å². The van der Waals surface area contributed by atoms with Gasteiger partial charge in [0.05, 0.1) is 29.3 Å².